The minimum absolute atomic E-state index is 0.134. The number of anilines is 1. The van der Waals surface area contributed by atoms with Crippen LogP contribution in [0.15, 0.2) is 71.8 Å². The van der Waals surface area contributed by atoms with Crippen molar-refractivity contribution in [3.63, 3.8) is 0 Å². The van der Waals surface area contributed by atoms with Crippen molar-refractivity contribution in [2.24, 2.45) is 5.10 Å². The summed E-state index contributed by atoms with van der Waals surface area (Å²) in [7, 11) is 1.51. The normalized spacial score (nSPS) is 10.6. The van der Waals surface area contributed by atoms with Crippen molar-refractivity contribution < 1.29 is 23.8 Å². The van der Waals surface area contributed by atoms with Crippen LogP contribution in [0.4, 0.5) is 5.69 Å². The van der Waals surface area contributed by atoms with Gasteiger partial charge in [-0.15, -0.1) is 0 Å². The Morgan fingerprint density at radius 2 is 1.79 bits per heavy atom. The van der Waals surface area contributed by atoms with E-state index in [9.17, 15) is 9.59 Å². The second-order valence-corrected chi connectivity index (χ2v) is 7.28. The maximum absolute atomic E-state index is 12.4. The summed E-state index contributed by atoms with van der Waals surface area (Å²) >= 11 is 0. The van der Waals surface area contributed by atoms with E-state index in [4.69, 9.17) is 14.2 Å². The van der Waals surface area contributed by atoms with Crippen molar-refractivity contribution in [3.05, 3.63) is 83.4 Å². The zero-order valence-electron chi connectivity index (χ0n) is 19.3. The first-order chi connectivity index (χ1) is 16.5. The molecule has 8 nitrogen and oxygen atoms in total. The van der Waals surface area contributed by atoms with Gasteiger partial charge in [-0.2, -0.15) is 5.10 Å². The first-order valence-electron chi connectivity index (χ1n) is 10.7. The first kappa shape index (κ1) is 24.3. The number of nitrogens with one attached hydrogen (secondary N) is 2. The molecule has 0 unspecified atom stereocenters. The number of hydrazone groups is 1. The SMILES string of the molecule is CCOc1ccc(C(=O)N/N=C/c2cccc(OCC(=O)Nc3cccc(C)c3)c2)cc1OC. The Kier molecular flexibility index (Phi) is 8.62. The summed E-state index contributed by atoms with van der Waals surface area (Å²) in [5.41, 5.74) is 5.33. The van der Waals surface area contributed by atoms with Crippen molar-refractivity contribution >= 4 is 23.7 Å². The van der Waals surface area contributed by atoms with E-state index in [1.54, 1.807) is 42.5 Å². The number of hydrogen-bond donors (Lipinski definition) is 2. The van der Waals surface area contributed by atoms with Crippen LogP contribution >= 0.6 is 0 Å². The molecule has 2 amide bonds. The highest BCUT2D eigenvalue weighted by Gasteiger charge is 2.10. The van der Waals surface area contributed by atoms with E-state index in [1.807, 2.05) is 38.1 Å². The van der Waals surface area contributed by atoms with Crippen molar-refractivity contribution in [2.75, 3.05) is 25.6 Å². The Bertz CT molecular complexity index is 1180. The Labute approximate surface area is 198 Å². The van der Waals surface area contributed by atoms with Gasteiger partial charge < -0.3 is 19.5 Å². The van der Waals surface area contributed by atoms with E-state index in [0.29, 0.717) is 35.0 Å². The predicted molar refractivity (Wildman–Crippen MR) is 131 cm³/mol. The second-order valence-electron chi connectivity index (χ2n) is 7.28. The van der Waals surface area contributed by atoms with Gasteiger partial charge in [0.2, 0.25) is 0 Å². The number of ether oxygens (including phenoxy) is 3. The Balaban J connectivity index is 1.54. The molecule has 34 heavy (non-hydrogen) atoms. The summed E-state index contributed by atoms with van der Waals surface area (Å²) in [6.07, 6.45) is 1.49. The number of methoxy groups -OCH3 is 1. The maximum Gasteiger partial charge on any atom is 0.271 e. The van der Waals surface area contributed by atoms with Crippen molar-refractivity contribution in [3.8, 4) is 17.2 Å². The molecule has 0 bridgehead atoms. The highest BCUT2D eigenvalue weighted by molar-refractivity contribution is 5.95. The van der Waals surface area contributed by atoms with Crippen molar-refractivity contribution in [1.82, 2.24) is 5.43 Å². The fourth-order valence-corrected chi connectivity index (χ4v) is 3.07. The zero-order chi connectivity index (χ0) is 24.3. The van der Waals surface area contributed by atoms with Gasteiger partial charge in [-0.3, -0.25) is 9.59 Å². The van der Waals surface area contributed by atoms with Crippen LogP contribution in [0.25, 0.3) is 0 Å². The third kappa shape index (κ3) is 7.09. The number of amides is 2. The van der Waals surface area contributed by atoms with Crippen LogP contribution in [0.5, 0.6) is 17.2 Å². The van der Waals surface area contributed by atoms with Crippen LogP contribution in [0, 0.1) is 6.92 Å². The molecule has 0 radical (unpaired) electrons. The van der Waals surface area contributed by atoms with E-state index >= 15 is 0 Å². The van der Waals surface area contributed by atoms with Gasteiger partial charge in [-0.05, 0) is 67.4 Å². The van der Waals surface area contributed by atoms with Gasteiger partial charge in [0.05, 0.1) is 19.9 Å². The maximum atomic E-state index is 12.4. The second kappa shape index (κ2) is 12.1. The molecule has 176 valence electrons. The molecular formula is C26H27N3O5. The summed E-state index contributed by atoms with van der Waals surface area (Å²) in [4.78, 5) is 24.5. The van der Waals surface area contributed by atoms with Gasteiger partial charge in [0, 0.05) is 11.3 Å². The van der Waals surface area contributed by atoms with Gasteiger partial charge in [0.1, 0.15) is 5.75 Å². The lowest BCUT2D eigenvalue weighted by atomic mass is 10.2. The molecule has 3 aromatic carbocycles. The molecule has 2 N–H and O–H groups in total. The van der Waals surface area contributed by atoms with E-state index in [-0.39, 0.29) is 12.5 Å². The molecule has 0 aliphatic rings. The van der Waals surface area contributed by atoms with Gasteiger partial charge in [0.25, 0.3) is 11.8 Å². The minimum atomic E-state index is -0.391. The average Bonchev–Trinajstić information content (AvgIpc) is 2.83. The summed E-state index contributed by atoms with van der Waals surface area (Å²) in [5.74, 6) is 0.885. The Morgan fingerprint density at radius 1 is 0.971 bits per heavy atom. The number of benzene rings is 3. The Morgan fingerprint density at radius 3 is 2.56 bits per heavy atom. The van der Waals surface area contributed by atoms with Crippen LogP contribution in [0.3, 0.4) is 0 Å². The number of aryl methyl sites for hydroxylation is 1. The highest BCUT2D eigenvalue weighted by atomic mass is 16.5. The van der Waals surface area contributed by atoms with Crippen molar-refractivity contribution in [2.45, 2.75) is 13.8 Å². The third-order valence-electron chi connectivity index (χ3n) is 4.64. The standard InChI is InChI=1S/C26H27N3O5/c1-4-33-23-12-11-20(15-24(23)32-3)26(31)29-27-16-19-8-6-10-22(14-19)34-17-25(30)28-21-9-5-7-18(2)13-21/h5-16H,4,17H2,1-3H3,(H,28,30)(H,29,31)/b27-16+. The number of hydrogen-bond acceptors (Lipinski definition) is 6. The molecule has 3 aromatic rings. The molecule has 8 heteroatoms. The molecule has 0 atom stereocenters. The molecule has 0 aliphatic carbocycles. The Hall–Kier alpha value is -4.33. The van der Waals surface area contributed by atoms with Crippen LogP contribution in [0.2, 0.25) is 0 Å². The molecule has 0 spiro atoms. The smallest absolute Gasteiger partial charge is 0.271 e. The van der Waals surface area contributed by atoms with Gasteiger partial charge in [0.15, 0.2) is 18.1 Å². The fourth-order valence-electron chi connectivity index (χ4n) is 3.07. The fraction of sp³-hybridized carbons (Fsp3) is 0.192. The van der Waals surface area contributed by atoms with Gasteiger partial charge in [-0.25, -0.2) is 5.43 Å². The summed E-state index contributed by atoms with van der Waals surface area (Å²) in [6, 6.07) is 19.5. The lowest BCUT2D eigenvalue weighted by Crippen LogP contribution is -2.20. The molecule has 3 rings (SSSR count). The van der Waals surface area contributed by atoms with Crippen LogP contribution in [-0.2, 0) is 4.79 Å². The lowest BCUT2D eigenvalue weighted by Gasteiger charge is -2.10. The average molecular weight is 462 g/mol. The third-order valence-corrected chi connectivity index (χ3v) is 4.64. The molecule has 0 aliphatic heterocycles. The molecular weight excluding hydrogens is 434 g/mol. The molecule has 0 aromatic heterocycles. The summed E-state index contributed by atoms with van der Waals surface area (Å²) in [6.45, 7) is 4.18. The number of rotatable bonds is 10. The minimum Gasteiger partial charge on any atom is -0.493 e. The topological polar surface area (TPSA) is 98.3 Å². The van der Waals surface area contributed by atoms with E-state index in [0.717, 1.165) is 11.3 Å². The van der Waals surface area contributed by atoms with Crippen molar-refractivity contribution in [1.29, 1.82) is 0 Å². The largest absolute Gasteiger partial charge is 0.493 e. The molecule has 0 saturated carbocycles. The van der Waals surface area contributed by atoms with E-state index in [1.165, 1.54) is 13.3 Å². The van der Waals surface area contributed by atoms with Crippen LogP contribution < -0.4 is 25.0 Å². The number of carbonyl (C=O) groups is 2. The van der Waals surface area contributed by atoms with Crippen LogP contribution in [0.1, 0.15) is 28.4 Å². The molecule has 0 fully saturated rings. The lowest BCUT2D eigenvalue weighted by molar-refractivity contribution is -0.118. The van der Waals surface area contributed by atoms with Gasteiger partial charge >= 0.3 is 0 Å². The van der Waals surface area contributed by atoms with E-state index < -0.39 is 5.91 Å². The molecule has 0 saturated heterocycles. The summed E-state index contributed by atoms with van der Waals surface area (Å²) < 4.78 is 16.3. The molecule has 0 heterocycles. The zero-order valence-corrected chi connectivity index (χ0v) is 19.3. The number of carbonyl (C=O) groups excluding carboxylic acids is 2. The monoisotopic (exact) mass is 461 g/mol. The summed E-state index contributed by atoms with van der Waals surface area (Å²) in [5, 5.41) is 6.80. The highest BCUT2D eigenvalue weighted by Crippen LogP contribution is 2.28. The van der Waals surface area contributed by atoms with Crippen LogP contribution in [-0.4, -0.2) is 38.4 Å². The van der Waals surface area contributed by atoms with E-state index in [2.05, 4.69) is 15.8 Å². The van der Waals surface area contributed by atoms with Gasteiger partial charge in [-0.1, -0.05) is 24.3 Å². The number of nitrogens with zero attached hydrogens (tertiary/aromatic N) is 1. The first-order valence-corrected chi connectivity index (χ1v) is 10.7. The quantitative estimate of drug-likeness (QED) is 0.349. The predicted octanol–water partition coefficient (Wildman–Crippen LogP) is 4.18.